The van der Waals surface area contributed by atoms with Gasteiger partial charge in [0.25, 0.3) is 0 Å². The second-order valence-electron chi connectivity index (χ2n) is 2.20. The smallest absolute Gasteiger partial charge is 0.0874 e. The molecule has 0 saturated heterocycles. The highest BCUT2D eigenvalue weighted by Crippen LogP contribution is 2.12. The molecule has 0 amide bonds. The summed E-state index contributed by atoms with van der Waals surface area (Å²) in [6.45, 7) is 4.33. The zero-order valence-corrected chi connectivity index (χ0v) is 6.02. The summed E-state index contributed by atoms with van der Waals surface area (Å²) in [5.74, 6) is 0.292. The lowest BCUT2D eigenvalue weighted by molar-refractivity contribution is 0.603. The van der Waals surface area contributed by atoms with Crippen LogP contribution >= 0.6 is 0 Å². The van der Waals surface area contributed by atoms with Gasteiger partial charge in [0.1, 0.15) is 0 Å². The lowest BCUT2D eigenvalue weighted by Gasteiger charge is -2.08. The number of hydrogen-bond donors (Lipinski definition) is 1. The van der Waals surface area contributed by atoms with Gasteiger partial charge in [-0.15, -0.1) is 0 Å². The van der Waals surface area contributed by atoms with Crippen LogP contribution in [-0.4, -0.2) is 6.54 Å². The van der Waals surface area contributed by atoms with Crippen LogP contribution < -0.4 is 5.73 Å². The maximum Gasteiger partial charge on any atom is 0.0874 e. The van der Waals surface area contributed by atoms with Gasteiger partial charge in [0.15, 0.2) is 0 Å². The van der Waals surface area contributed by atoms with Crippen molar-refractivity contribution in [1.82, 2.24) is 0 Å². The van der Waals surface area contributed by atoms with E-state index in [1.807, 2.05) is 13.8 Å². The molecule has 0 aliphatic heterocycles. The molecule has 2 N–H and O–H groups in total. The summed E-state index contributed by atoms with van der Waals surface area (Å²) in [6, 6.07) is 0. The molecule has 1 unspecified atom stereocenters. The Morgan fingerprint density at radius 3 is 2.44 bits per heavy atom. The van der Waals surface area contributed by atoms with E-state index in [0.29, 0.717) is 24.4 Å². The third-order valence-corrected chi connectivity index (χ3v) is 1.62. The Bertz CT molecular complexity index is 99.1. The van der Waals surface area contributed by atoms with Crippen LogP contribution in [0.15, 0.2) is 11.9 Å². The van der Waals surface area contributed by atoms with Crippen molar-refractivity contribution in [3.8, 4) is 0 Å². The summed E-state index contributed by atoms with van der Waals surface area (Å²) < 4.78 is 11.9. The molecule has 54 valence electrons. The zero-order chi connectivity index (χ0) is 7.28. The second-order valence-corrected chi connectivity index (χ2v) is 2.20. The molecule has 0 radical (unpaired) electrons. The van der Waals surface area contributed by atoms with Gasteiger partial charge in [-0.2, -0.15) is 0 Å². The quantitative estimate of drug-likeness (QED) is 0.621. The van der Waals surface area contributed by atoms with Crippen molar-refractivity contribution in [2.75, 3.05) is 6.54 Å². The van der Waals surface area contributed by atoms with E-state index >= 15 is 0 Å². The molecule has 1 atom stereocenters. The van der Waals surface area contributed by atoms with E-state index in [1.165, 1.54) is 0 Å². The van der Waals surface area contributed by atoms with E-state index in [-0.39, 0.29) is 0 Å². The summed E-state index contributed by atoms with van der Waals surface area (Å²) in [4.78, 5) is 0. The van der Waals surface area contributed by atoms with E-state index in [4.69, 9.17) is 5.73 Å². The van der Waals surface area contributed by atoms with Crippen molar-refractivity contribution in [2.45, 2.75) is 20.3 Å². The fourth-order valence-corrected chi connectivity index (χ4v) is 0.615. The van der Waals surface area contributed by atoms with Crippen molar-refractivity contribution >= 4 is 0 Å². The van der Waals surface area contributed by atoms with Crippen molar-refractivity contribution < 1.29 is 4.39 Å². The standard InChI is InChI=1S/C7H14FN/c1-3-6(2)7(4-8)5-9/h4,6H,3,5,9H2,1-2H3/b7-4-. The van der Waals surface area contributed by atoms with Gasteiger partial charge in [-0.25, -0.2) is 4.39 Å². The maximum atomic E-state index is 11.9. The molecule has 0 aromatic rings. The first kappa shape index (κ1) is 8.63. The van der Waals surface area contributed by atoms with Crippen molar-refractivity contribution in [1.29, 1.82) is 0 Å². The van der Waals surface area contributed by atoms with Crippen molar-refractivity contribution in [3.05, 3.63) is 11.9 Å². The summed E-state index contributed by atoms with van der Waals surface area (Å²) in [6.07, 6.45) is 1.57. The normalized spacial score (nSPS) is 15.8. The van der Waals surface area contributed by atoms with Crippen LogP contribution in [-0.2, 0) is 0 Å². The van der Waals surface area contributed by atoms with Crippen LogP contribution in [0.25, 0.3) is 0 Å². The molecule has 0 heterocycles. The Kier molecular flexibility index (Phi) is 4.32. The third-order valence-electron chi connectivity index (χ3n) is 1.62. The molecule has 0 aromatic carbocycles. The molecule has 0 spiro atoms. The molecule has 2 heteroatoms. The van der Waals surface area contributed by atoms with E-state index in [0.717, 1.165) is 6.42 Å². The summed E-state index contributed by atoms with van der Waals surface area (Å²) in [5.41, 5.74) is 5.96. The van der Waals surface area contributed by atoms with Gasteiger partial charge in [0.05, 0.1) is 6.33 Å². The Labute approximate surface area is 55.7 Å². The Morgan fingerprint density at radius 2 is 2.33 bits per heavy atom. The van der Waals surface area contributed by atoms with Gasteiger partial charge in [0, 0.05) is 6.54 Å². The maximum absolute atomic E-state index is 11.9. The fraction of sp³-hybridized carbons (Fsp3) is 0.714. The van der Waals surface area contributed by atoms with Gasteiger partial charge >= 0.3 is 0 Å². The average Bonchev–Trinajstić information content (AvgIpc) is 1.90. The van der Waals surface area contributed by atoms with Gasteiger partial charge in [-0.05, 0) is 17.9 Å². The number of halogens is 1. The van der Waals surface area contributed by atoms with Crippen LogP contribution in [0, 0.1) is 5.92 Å². The fourth-order valence-electron chi connectivity index (χ4n) is 0.615. The average molecular weight is 131 g/mol. The van der Waals surface area contributed by atoms with Gasteiger partial charge in [-0.3, -0.25) is 0 Å². The van der Waals surface area contributed by atoms with Crippen molar-refractivity contribution in [2.24, 2.45) is 11.7 Å². The Hall–Kier alpha value is -0.370. The van der Waals surface area contributed by atoms with Crippen LogP contribution in [0.1, 0.15) is 20.3 Å². The van der Waals surface area contributed by atoms with Gasteiger partial charge < -0.3 is 5.73 Å². The van der Waals surface area contributed by atoms with Gasteiger partial charge in [0.2, 0.25) is 0 Å². The van der Waals surface area contributed by atoms with Crippen LogP contribution in [0.2, 0.25) is 0 Å². The van der Waals surface area contributed by atoms with E-state index in [1.54, 1.807) is 0 Å². The molecule has 0 aromatic heterocycles. The molecule has 0 aliphatic carbocycles. The predicted octanol–water partition coefficient (Wildman–Crippen LogP) is 1.84. The molecular formula is C7H14FN. The number of nitrogens with two attached hydrogens (primary N) is 1. The largest absolute Gasteiger partial charge is 0.327 e. The summed E-state index contributed by atoms with van der Waals surface area (Å²) >= 11 is 0. The number of hydrogen-bond acceptors (Lipinski definition) is 1. The molecule has 0 aliphatic rings. The first-order valence-electron chi connectivity index (χ1n) is 3.25. The second kappa shape index (κ2) is 4.50. The lowest BCUT2D eigenvalue weighted by Crippen LogP contribution is -2.09. The number of rotatable bonds is 3. The van der Waals surface area contributed by atoms with Gasteiger partial charge in [-0.1, -0.05) is 13.8 Å². The predicted molar refractivity (Wildman–Crippen MR) is 37.7 cm³/mol. The van der Waals surface area contributed by atoms with E-state index < -0.39 is 0 Å². The summed E-state index contributed by atoms with van der Waals surface area (Å²) in [5, 5.41) is 0. The highest BCUT2D eigenvalue weighted by atomic mass is 19.1. The van der Waals surface area contributed by atoms with Crippen LogP contribution in [0.3, 0.4) is 0 Å². The van der Waals surface area contributed by atoms with Crippen LogP contribution in [0.5, 0.6) is 0 Å². The highest BCUT2D eigenvalue weighted by molar-refractivity contribution is 5.02. The minimum atomic E-state index is 0.292. The molecule has 0 bridgehead atoms. The minimum Gasteiger partial charge on any atom is -0.327 e. The SMILES string of the molecule is CCC(C)/C(=C\F)CN. The van der Waals surface area contributed by atoms with Crippen molar-refractivity contribution in [3.63, 3.8) is 0 Å². The minimum absolute atomic E-state index is 0.292. The first-order chi connectivity index (χ1) is 4.26. The zero-order valence-electron chi connectivity index (χ0n) is 6.02. The molecule has 0 fully saturated rings. The Morgan fingerprint density at radius 1 is 1.78 bits per heavy atom. The molecule has 0 saturated carbocycles. The monoisotopic (exact) mass is 131 g/mol. The molecule has 0 rings (SSSR count). The molecule has 9 heavy (non-hydrogen) atoms. The third kappa shape index (κ3) is 2.61. The summed E-state index contributed by atoms with van der Waals surface area (Å²) in [7, 11) is 0. The highest BCUT2D eigenvalue weighted by Gasteiger charge is 2.02. The molecule has 1 nitrogen and oxygen atoms in total. The van der Waals surface area contributed by atoms with Crippen LogP contribution in [0.4, 0.5) is 4.39 Å². The van der Waals surface area contributed by atoms with E-state index in [2.05, 4.69) is 0 Å². The topological polar surface area (TPSA) is 26.0 Å². The molecular weight excluding hydrogens is 117 g/mol. The van der Waals surface area contributed by atoms with E-state index in [9.17, 15) is 4.39 Å². The Balaban J connectivity index is 3.80. The first-order valence-corrected chi connectivity index (χ1v) is 3.25. The lowest BCUT2D eigenvalue weighted by atomic mass is 10.0.